The summed E-state index contributed by atoms with van der Waals surface area (Å²) in [7, 11) is 0. The number of likely N-dealkylation sites (tertiary alicyclic amines) is 1. The normalized spacial score (nSPS) is 17.3. The van der Waals surface area contributed by atoms with Gasteiger partial charge in [0.1, 0.15) is 11.8 Å². The molecule has 2 aromatic rings. The van der Waals surface area contributed by atoms with E-state index in [1.54, 1.807) is 0 Å². The number of hydrogen-bond donors (Lipinski definition) is 2. The van der Waals surface area contributed by atoms with Crippen LogP contribution in [0, 0.1) is 0 Å². The molecule has 0 radical (unpaired) electrons. The number of halogens is 3. The molecule has 1 aliphatic rings. The van der Waals surface area contributed by atoms with Crippen LogP contribution < -0.4 is 15.8 Å². The van der Waals surface area contributed by atoms with Crippen molar-refractivity contribution in [3.05, 3.63) is 18.2 Å². The molecular formula is C14H13F3N4O3S. The van der Waals surface area contributed by atoms with Crippen LogP contribution in [0.1, 0.15) is 6.42 Å². The lowest BCUT2D eigenvalue weighted by Gasteiger charge is -2.39. The number of benzene rings is 1. The van der Waals surface area contributed by atoms with Crippen molar-refractivity contribution in [1.29, 1.82) is 0 Å². The van der Waals surface area contributed by atoms with E-state index in [1.807, 2.05) is 0 Å². The van der Waals surface area contributed by atoms with Crippen molar-refractivity contribution < 1.29 is 27.5 Å². The lowest BCUT2D eigenvalue weighted by atomic mass is 10.0. The van der Waals surface area contributed by atoms with Crippen molar-refractivity contribution in [2.75, 3.05) is 18.4 Å². The summed E-state index contributed by atoms with van der Waals surface area (Å²) in [6, 6.07) is 3.11. The van der Waals surface area contributed by atoms with Gasteiger partial charge in [-0.2, -0.15) is 0 Å². The molecule has 1 aromatic carbocycles. The summed E-state index contributed by atoms with van der Waals surface area (Å²) in [5.41, 5.74) is 5.71. The molecule has 1 saturated heterocycles. The number of ether oxygens (including phenoxy) is 1. The highest BCUT2D eigenvalue weighted by Crippen LogP contribution is 2.32. The van der Waals surface area contributed by atoms with Crippen molar-refractivity contribution in [3.8, 4) is 5.75 Å². The molecule has 0 unspecified atom stereocenters. The number of nitrogens with one attached hydrogen (secondary N) is 1. The Morgan fingerprint density at radius 3 is 2.80 bits per heavy atom. The predicted octanol–water partition coefficient (Wildman–Crippen LogP) is 1.69. The zero-order chi connectivity index (χ0) is 18.2. The number of fused-ring (bicyclic) bond motifs is 1. The Bertz CT molecular complexity index is 823. The third kappa shape index (κ3) is 3.82. The first kappa shape index (κ1) is 17.4. The second kappa shape index (κ2) is 6.48. The molecule has 2 amide bonds. The standard InChI is InChI=1S/C14H13F3N4O3S/c15-14(16,17)24-7-1-2-8-10(5-7)25-13(19-8)20-12(23)9-3-4-21(9)11(22)6-18/h1-2,5,9H,3-4,6,18H2,(H,19,20,23)/t9-/m0/s1. The second-order valence-corrected chi connectivity index (χ2v) is 6.31. The van der Waals surface area contributed by atoms with Crippen molar-refractivity contribution >= 4 is 38.5 Å². The summed E-state index contributed by atoms with van der Waals surface area (Å²) >= 11 is 1.01. The molecule has 7 nitrogen and oxygen atoms in total. The van der Waals surface area contributed by atoms with Crippen molar-refractivity contribution in [2.24, 2.45) is 5.73 Å². The SMILES string of the molecule is NCC(=O)N1CC[C@H]1C(=O)Nc1nc2ccc(OC(F)(F)F)cc2s1. The van der Waals surface area contributed by atoms with Gasteiger partial charge < -0.3 is 20.7 Å². The summed E-state index contributed by atoms with van der Waals surface area (Å²) in [6.07, 6.45) is -4.26. The Hall–Kier alpha value is -2.40. The monoisotopic (exact) mass is 374 g/mol. The number of amides is 2. The lowest BCUT2D eigenvalue weighted by molar-refractivity contribution is -0.274. The molecule has 3 rings (SSSR count). The van der Waals surface area contributed by atoms with Gasteiger partial charge in [-0.05, 0) is 18.6 Å². The average molecular weight is 374 g/mol. The zero-order valence-electron chi connectivity index (χ0n) is 12.7. The van der Waals surface area contributed by atoms with Gasteiger partial charge in [-0.3, -0.25) is 9.59 Å². The van der Waals surface area contributed by atoms with Crippen LogP contribution in [-0.2, 0) is 9.59 Å². The van der Waals surface area contributed by atoms with Gasteiger partial charge in [0.05, 0.1) is 16.8 Å². The number of alkyl halides is 3. The number of rotatable bonds is 4. The Morgan fingerprint density at radius 2 is 2.20 bits per heavy atom. The van der Waals surface area contributed by atoms with E-state index in [1.165, 1.54) is 17.0 Å². The van der Waals surface area contributed by atoms with Gasteiger partial charge in [-0.25, -0.2) is 4.98 Å². The maximum absolute atomic E-state index is 12.3. The topological polar surface area (TPSA) is 97.6 Å². The zero-order valence-corrected chi connectivity index (χ0v) is 13.5. The van der Waals surface area contributed by atoms with E-state index in [9.17, 15) is 22.8 Å². The Balaban J connectivity index is 1.72. The van der Waals surface area contributed by atoms with Crippen LogP contribution >= 0.6 is 11.3 Å². The van der Waals surface area contributed by atoms with Gasteiger partial charge in [-0.1, -0.05) is 11.3 Å². The molecule has 1 fully saturated rings. The minimum absolute atomic E-state index is 0.174. The van der Waals surface area contributed by atoms with Gasteiger partial charge in [0.25, 0.3) is 0 Å². The molecule has 0 saturated carbocycles. The maximum Gasteiger partial charge on any atom is 0.573 e. The summed E-state index contributed by atoms with van der Waals surface area (Å²) in [5.74, 6) is -1.08. The van der Waals surface area contributed by atoms with Gasteiger partial charge in [0.15, 0.2) is 5.13 Å². The van der Waals surface area contributed by atoms with Gasteiger partial charge in [-0.15, -0.1) is 13.2 Å². The minimum Gasteiger partial charge on any atom is -0.406 e. The third-order valence-corrected chi connectivity index (χ3v) is 4.57. The van der Waals surface area contributed by atoms with Crippen molar-refractivity contribution in [1.82, 2.24) is 9.88 Å². The van der Waals surface area contributed by atoms with E-state index in [4.69, 9.17) is 5.73 Å². The van der Waals surface area contributed by atoms with E-state index in [0.717, 1.165) is 17.4 Å². The molecule has 2 heterocycles. The smallest absolute Gasteiger partial charge is 0.406 e. The number of thiazole rings is 1. The Morgan fingerprint density at radius 1 is 1.44 bits per heavy atom. The van der Waals surface area contributed by atoms with Crippen LogP contribution in [0.4, 0.5) is 18.3 Å². The Kier molecular flexibility index (Phi) is 4.52. The number of carbonyl (C=O) groups excluding carboxylic acids is 2. The molecule has 0 spiro atoms. The molecular weight excluding hydrogens is 361 g/mol. The first-order valence-electron chi connectivity index (χ1n) is 7.23. The fourth-order valence-corrected chi connectivity index (χ4v) is 3.32. The molecule has 11 heteroatoms. The van der Waals surface area contributed by atoms with Crippen LogP contribution in [-0.4, -0.2) is 47.2 Å². The first-order chi connectivity index (χ1) is 11.8. The minimum atomic E-state index is -4.78. The quantitative estimate of drug-likeness (QED) is 0.849. The van der Waals surface area contributed by atoms with Gasteiger partial charge in [0, 0.05) is 12.6 Å². The molecule has 1 aliphatic heterocycles. The van der Waals surface area contributed by atoms with E-state index in [0.29, 0.717) is 23.2 Å². The van der Waals surface area contributed by atoms with Gasteiger partial charge >= 0.3 is 6.36 Å². The second-order valence-electron chi connectivity index (χ2n) is 5.28. The summed E-state index contributed by atoms with van der Waals surface area (Å²) in [6.45, 7) is 0.291. The molecule has 0 aliphatic carbocycles. The highest BCUT2D eigenvalue weighted by atomic mass is 32.1. The number of aromatic nitrogens is 1. The summed E-state index contributed by atoms with van der Waals surface area (Å²) in [4.78, 5) is 29.3. The predicted molar refractivity (Wildman–Crippen MR) is 84.1 cm³/mol. The first-order valence-corrected chi connectivity index (χ1v) is 8.05. The van der Waals surface area contributed by atoms with Gasteiger partial charge in [0.2, 0.25) is 11.8 Å². The third-order valence-electron chi connectivity index (χ3n) is 3.64. The molecule has 25 heavy (non-hydrogen) atoms. The Labute approximate surface area is 143 Å². The molecule has 134 valence electrons. The number of carbonyl (C=O) groups is 2. The van der Waals surface area contributed by atoms with E-state index in [-0.39, 0.29) is 23.3 Å². The van der Waals surface area contributed by atoms with Crippen LogP contribution in [0.25, 0.3) is 10.2 Å². The van der Waals surface area contributed by atoms with E-state index in [2.05, 4.69) is 15.0 Å². The fourth-order valence-electron chi connectivity index (χ4n) is 2.42. The number of anilines is 1. The molecule has 1 aromatic heterocycles. The van der Waals surface area contributed by atoms with Crippen LogP contribution in [0.3, 0.4) is 0 Å². The van der Waals surface area contributed by atoms with Crippen molar-refractivity contribution in [2.45, 2.75) is 18.8 Å². The lowest BCUT2D eigenvalue weighted by Crippen LogP contribution is -2.58. The van der Waals surface area contributed by atoms with E-state index >= 15 is 0 Å². The number of nitrogens with zero attached hydrogens (tertiary/aromatic N) is 2. The molecule has 0 bridgehead atoms. The number of hydrogen-bond acceptors (Lipinski definition) is 6. The molecule has 1 atom stereocenters. The van der Waals surface area contributed by atoms with Crippen LogP contribution in [0.15, 0.2) is 18.2 Å². The van der Waals surface area contributed by atoms with E-state index < -0.39 is 18.3 Å². The molecule has 3 N–H and O–H groups in total. The van der Waals surface area contributed by atoms with Crippen molar-refractivity contribution in [3.63, 3.8) is 0 Å². The summed E-state index contributed by atoms with van der Waals surface area (Å²) in [5, 5.41) is 2.81. The number of nitrogens with two attached hydrogens (primary N) is 1. The van der Waals surface area contributed by atoms with Crippen LogP contribution in [0.5, 0.6) is 5.75 Å². The maximum atomic E-state index is 12.3. The summed E-state index contributed by atoms with van der Waals surface area (Å²) < 4.78 is 41.0. The largest absolute Gasteiger partial charge is 0.573 e. The van der Waals surface area contributed by atoms with Crippen LogP contribution in [0.2, 0.25) is 0 Å². The highest BCUT2D eigenvalue weighted by molar-refractivity contribution is 7.22. The highest BCUT2D eigenvalue weighted by Gasteiger charge is 2.37. The fraction of sp³-hybridized carbons (Fsp3) is 0.357. The average Bonchev–Trinajstić information content (AvgIpc) is 2.85.